The molecular weight excluding hydrogens is 396 g/mol. The molecule has 160 valence electrons. The molecule has 0 saturated carbocycles. The van der Waals surface area contributed by atoms with Crippen LogP contribution in [0, 0.1) is 0 Å². The van der Waals surface area contributed by atoms with E-state index in [-0.39, 0.29) is 30.7 Å². The highest BCUT2D eigenvalue weighted by atomic mass is 16.2. The fourth-order valence-electron chi connectivity index (χ4n) is 3.68. The van der Waals surface area contributed by atoms with Crippen molar-refractivity contribution in [3.8, 4) is 0 Å². The van der Waals surface area contributed by atoms with Gasteiger partial charge >= 0.3 is 6.03 Å². The van der Waals surface area contributed by atoms with Gasteiger partial charge < -0.3 is 10.6 Å². The summed E-state index contributed by atoms with van der Waals surface area (Å²) in [7, 11) is 0. The molecule has 0 spiro atoms. The van der Waals surface area contributed by atoms with E-state index in [0.717, 1.165) is 5.56 Å². The molecule has 4 rings (SSSR count). The topological polar surface area (TPSA) is 109 Å². The van der Waals surface area contributed by atoms with E-state index in [4.69, 9.17) is 0 Å². The molecule has 2 N–H and O–H groups in total. The zero-order valence-corrected chi connectivity index (χ0v) is 17.2. The van der Waals surface area contributed by atoms with Crippen LogP contribution in [0.1, 0.15) is 37.2 Å². The first-order chi connectivity index (χ1) is 15.0. The lowest BCUT2D eigenvalue weighted by atomic mass is 10.1. The van der Waals surface area contributed by atoms with Gasteiger partial charge in [-0.1, -0.05) is 36.4 Å². The molecule has 4 amide bonds. The number of imide groups is 1. The number of rotatable bonds is 8. The lowest BCUT2D eigenvalue weighted by Gasteiger charge is -2.14. The van der Waals surface area contributed by atoms with Crippen molar-refractivity contribution in [2.24, 2.45) is 0 Å². The molecule has 31 heavy (non-hydrogen) atoms. The van der Waals surface area contributed by atoms with E-state index in [2.05, 4.69) is 20.8 Å². The summed E-state index contributed by atoms with van der Waals surface area (Å²) in [5, 5.41) is 13.8. The van der Waals surface area contributed by atoms with Crippen LogP contribution in [0.2, 0.25) is 0 Å². The number of fused-ring (bicyclic) bond motifs is 1. The van der Waals surface area contributed by atoms with Crippen LogP contribution < -0.4 is 10.6 Å². The summed E-state index contributed by atoms with van der Waals surface area (Å²) in [4.78, 5) is 38.4. The van der Waals surface area contributed by atoms with Gasteiger partial charge in [0.2, 0.25) is 5.91 Å². The number of hydrogen-bond donors (Lipinski definition) is 2. The molecule has 0 aliphatic carbocycles. The Morgan fingerprint density at radius 3 is 2.71 bits per heavy atom. The van der Waals surface area contributed by atoms with Gasteiger partial charge in [0.1, 0.15) is 6.04 Å². The second-order valence-corrected chi connectivity index (χ2v) is 7.54. The quantitative estimate of drug-likeness (QED) is 0.541. The van der Waals surface area contributed by atoms with Crippen LogP contribution in [0.5, 0.6) is 0 Å². The van der Waals surface area contributed by atoms with Gasteiger partial charge in [-0.3, -0.25) is 18.9 Å². The van der Waals surface area contributed by atoms with E-state index in [0.29, 0.717) is 24.4 Å². The summed E-state index contributed by atoms with van der Waals surface area (Å²) >= 11 is 0. The lowest BCUT2D eigenvalue weighted by molar-refractivity contribution is -0.127. The van der Waals surface area contributed by atoms with Gasteiger partial charge in [0, 0.05) is 19.2 Å². The SMILES string of the molecule is C[C@H](NC(=O)CC[C@H]1NC(=O)N(CCc2ccccc2)C1=O)c1nnc2ccccn12. The van der Waals surface area contributed by atoms with E-state index in [1.165, 1.54) is 4.90 Å². The molecule has 3 aromatic rings. The summed E-state index contributed by atoms with van der Waals surface area (Å²) in [5.74, 6) is 0.122. The van der Waals surface area contributed by atoms with Gasteiger partial charge in [-0.15, -0.1) is 10.2 Å². The van der Waals surface area contributed by atoms with E-state index in [1.807, 2.05) is 66.1 Å². The number of carbonyl (C=O) groups excluding carboxylic acids is 3. The number of nitrogens with one attached hydrogen (secondary N) is 2. The summed E-state index contributed by atoms with van der Waals surface area (Å²) in [6.07, 6.45) is 2.79. The van der Waals surface area contributed by atoms with Gasteiger partial charge in [0.25, 0.3) is 5.91 Å². The molecule has 2 atom stereocenters. The van der Waals surface area contributed by atoms with Gasteiger partial charge in [-0.25, -0.2) is 4.79 Å². The first kappa shape index (κ1) is 20.5. The average Bonchev–Trinajstić information content (AvgIpc) is 3.32. The highest BCUT2D eigenvalue weighted by molar-refractivity contribution is 6.04. The largest absolute Gasteiger partial charge is 0.346 e. The van der Waals surface area contributed by atoms with Crippen LogP contribution in [0.3, 0.4) is 0 Å². The van der Waals surface area contributed by atoms with Crippen LogP contribution in [-0.2, 0) is 16.0 Å². The molecule has 3 heterocycles. The molecule has 1 aliphatic heterocycles. The maximum atomic E-state index is 12.6. The summed E-state index contributed by atoms with van der Waals surface area (Å²) in [5.41, 5.74) is 1.76. The Morgan fingerprint density at radius 2 is 1.90 bits per heavy atom. The molecule has 0 radical (unpaired) electrons. The van der Waals surface area contributed by atoms with Gasteiger partial charge in [0.15, 0.2) is 11.5 Å². The monoisotopic (exact) mass is 420 g/mol. The van der Waals surface area contributed by atoms with Gasteiger partial charge in [-0.2, -0.15) is 0 Å². The highest BCUT2D eigenvalue weighted by Gasteiger charge is 2.37. The van der Waals surface area contributed by atoms with Gasteiger partial charge in [-0.05, 0) is 37.5 Å². The molecule has 9 nitrogen and oxygen atoms in total. The van der Waals surface area contributed by atoms with Gasteiger partial charge in [0.05, 0.1) is 6.04 Å². The van der Waals surface area contributed by atoms with E-state index < -0.39 is 12.1 Å². The Morgan fingerprint density at radius 1 is 1.13 bits per heavy atom. The number of hydrogen-bond acceptors (Lipinski definition) is 5. The molecule has 2 aromatic heterocycles. The fourth-order valence-corrected chi connectivity index (χ4v) is 3.68. The van der Waals surface area contributed by atoms with Crippen molar-refractivity contribution in [1.82, 2.24) is 30.1 Å². The summed E-state index contributed by atoms with van der Waals surface area (Å²) < 4.78 is 1.82. The minimum atomic E-state index is -0.682. The third-order valence-electron chi connectivity index (χ3n) is 5.34. The van der Waals surface area contributed by atoms with Crippen molar-refractivity contribution in [2.75, 3.05) is 6.54 Å². The Hall–Kier alpha value is -3.75. The first-order valence-electron chi connectivity index (χ1n) is 10.3. The third kappa shape index (κ3) is 4.55. The van der Waals surface area contributed by atoms with Crippen LogP contribution in [0.15, 0.2) is 54.7 Å². The number of nitrogens with zero attached hydrogens (tertiary/aromatic N) is 4. The Labute approximate surface area is 179 Å². The van der Waals surface area contributed by atoms with Crippen molar-refractivity contribution < 1.29 is 14.4 Å². The second kappa shape index (κ2) is 8.95. The minimum Gasteiger partial charge on any atom is -0.346 e. The number of benzene rings is 1. The van der Waals surface area contributed by atoms with Crippen LogP contribution in [-0.4, -0.2) is 49.9 Å². The molecular formula is C22H24N6O3. The Bertz CT molecular complexity index is 1100. The molecule has 0 unspecified atom stereocenters. The molecule has 1 aliphatic rings. The van der Waals surface area contributed by atoms with E-state index in [1.54, 1.807) is 0 Å². The standard InChI is InChI=1S/C22H24N6O3/c1-15(20-26-25-18-9-5-6-13-27(18)20)23-19(29)11-10-17-21(30)28(22(31)24-17)14-12-16-7-3-2-4-8-16/h2-9,13,15,17H,10-12,14H2,1H3,(H,23,29)(H,24,31)/t15-,17+/m0/s1. The maximum Gasteiger partial charge on any atom is 0.324 e. The van der Waals surface area contributed by atoms with E-state index >= 15 is 0 Å². The fraction of sp³-hybridized carbons (Fsp3) is 0.318. The Kier molecular flexibility index (Phi) is 5.92. The highest BCUT2D eigenvalue weighted by Crippen LogP contribution is 2.15. The minimum absolute atomic E-state index is 0.115. The number of amides is 4. The second-order valence-electron chi connectivity index (χ2n) is 7.54. The number of carbonyl (C=O) groups is 3. The van der Waals surface area contributed by atoms with Crippen LogP contribution in [0.25, 0.3) is 5.65 Å². The predicted octanol–water partition coefficient (Wildman–Crippen LogP) is 1.85. The number of pyridine rings is 1. The molecule has 9 heteroatoms. The third-order valence-corrected chi connectivity index (χ3v) is 5.34. The van der Waals surface area contributed by atoms with Crippen LogP contribution >= 0.6 is 0 Å². The molecule has 1 saturated heterocycles. The van der Waals surface area contributed by atoms with Crippen molar-refractivity contribution >= 4 is 23.5 Å². The first-order valence-corrected chi connectivity index (χ1v) is 10.3. The number of aromatic nitrogens is 3. The molecule has 1 aromatic carbocycles. The van der Waals surface area contributed by atoms with Crippen molar-refractivity contribution in [3.05, 3.63) is 66.1 Å². The van der Waals surface area contributed by atoms with Crippen molar-refractivity contribution in [3.63, 3.8) is 0 Å². The zero-order chi connectivity index (χ0) is 21.8. The summed E-state index contributed by atoms with van der Waals surface area (Å²) in [6, 6.07) is 13.8. The predicted molar refractivity (Wildman–Crippen MR) is 113 cm³/mol. The maximum absolute atomic E-state index is 12.6. The van der Waals surface area contributed by atoms with Crippen LogP contribution in [0.4, 0.5) is 4.79 Å². The molecule has 1 fully saturated rings. The molecule has 0 bridgehead atoms. The van der Waals surface area contributed by atoms with E-state index in [9.17, 15) is 14.4 Å². The summed E-state index contributed by atoms with van der Waals surface area (Å²) in [6.45, 7) is 2.14. The normalized spacial score (nSPS) is 17.1. The Balaban J connectivity index is 1.28. The van der Waals surface area contributed by atoms with Crippen molar-refractivity contribution in [2.45, 2.75) is 38.3 Å². The average molecular weight is 420 g/mol. The lowest BCUT2D eigenvalue weighted by Crippen LogP contribution is -2.34. The smallest absolute Gasteiger partial charge is 0.324 e. The van der Waals surface area contributed by atoms with Crippen molar-refractivity contribution in [1.29, 1.82) is 0 Å². The zero-order valence-electron chi connectivity index (χ0n) is 17.2. The number of urea groups is 1.